The van der Waals surface area contributed by atoms with E-state index in [2.05, 4.69) is 121 Å². The molecule has 0 saturated heterocycles. The molecule has 0 unspecified atom stereocenters. The van der Waals surface area contributed by atoms with Crippen molar-refractivity contribution in [2.24, 2.45) is 0 Å². The van der Waals surface area contributed by atoms with Crippen molar-refractivity contribution in [2.45, 2.75) is 0 Å². The number of aromatic nitrogens is 3. The number of para-hydroxylation sites is 1. The summed E-state index contributed by atoms with van der Waals surface area (Å²) in [5.74, 6) is 1.88. The molecule has 7 aromatic carbocycles. The predicted octanol–water partition coefficient (Wildman–Crippen LogP) is 12.5. The molecular weight excluding hydrogens is 631 g/mol. The van der Waals surface area contributed by atoms with Gasteiger partial charge in [-0.2, -0.15) is 0 Å². The van der Waals surface area contributed by atoms with Gasteiger partial charge in [-0.1, -0.05) is 127 Å². The average Bonchev–Trinajstić information content (AvgIpc) is 3.77. The van der Waals surface area contributed by atoms with Gasteiger partial charge in [-0.05, 0) is 58.7 Å². The Balaban J connectivity index is 1.28. The highest BCUT2D eigenvalue weighted by molar-refractivity contribution is 7.26. The molecule has 0 atom stereocenters. The molecule has 0 N–H and O–H groups in total. The third kappa shape index (κ3) is 4.79. The zero-order chi connectivity index (χ0) is 33.0. The molecule has 0 aliphatic carbocycles. The first-order chi connectivity index (χ1) is 24.8. The number of nitrogens with zero attached hydrogens (tertiary/aromatic N) is 3. The molecule has 234 valence electrons. The van der Waals surface area contributed by atoms with E-state index in [0.29, 0.717) is 17.5 Å². The van der Waals surface area contributed by atoms with E-state index in [-0.39, 0.29) is 0 Å². The first kappa shape index (κ1) is 28.6. The Kier molecular flexibility index (Phi) is 6.64. The van der Waals surface area contributed by atoms with E-state index in [0.717, 1.165) is 71.0 Å². The minimum absolute atomic E-state index is 0.621. The highest BCUT2D eigenvalue weighted by Crippen LogP contribution is 2.46. The van der Waals surface area contributed by atoms with Crippen LogP contribution >= 0.6 is 11.3 Å². The van der Waals surface area contributed by atoms with Gasteiger partial charge in [0, 0.05) is 42.9 Å². The number of furan rings is 1. The van der Waals surface area contributed by atoms with Crippen LogP contribution in [0.25, 0.3) is 98.5 Å². The van der Waals surface area contributed by atoms with Gasteiger partial charge in [-0.3, -0.25) is 0 Å². The van der Waals surface area contributed by atoms with Gasteiger partial charge in [-0.15, -0.1) is 11.3 Å². The minimum Gasteiger partial charge on any atom is -0.455 e. The van der Waals surface area contributed by atoms with Gasteiger partial charge in [0.25, 0.3) is 0 Å². The lowest BCUT2D eigenvalue weighted by Gasteiger charge is -2.13. The van der Waals surface area contributed by atoms with E-state index >= 15 is 0 Å². The van der Waals surface area contributed by atoms with E-state index < -0.39 is 0 Å². The number of benzene rings is 7. The predicted molar refractivity (Wildman–Crippen MR) is 207 cm³/mol. The summed E-state index contributed by atoms with van der Waals surface area (Å²) in [7, 11) is 0. The smallest absolute Gasteiger partial charge is 0.165 e. The lowest BCUT2D eigenvalue weighted by molar-refractivity contribution is 0.673. The second-order valence-electron chi connectivity index (χ2n) is 12.4. The summed E-state index contributed by atoms with van der Waals surface area (Å²) >= 11 is 1.75. The monoisotopic (exact) mass is 657 g/mol. The van der Waals surface area contributed by atoms with Crippen molar-refractivity contribution < 1.29 is 4.42 Å². The molecule has 50 heavy (non-hydrogen) atoms. The number of fused-ring (bicyclic) bond motifs is 7. The molecular formula is C45H27N3OS. The van der Waals surface area contributed by atoms with Crippen molar-refractivity contribution >= 4 is 53.4 Å². The van der Waals surface area contributed by atoms with Crippen LogP contribution in [0.15, 0.2) is 168 Å². The fraction of sp³-hybridized carbons (Fsp3) is 0. The lowest BCUT2D eigenvalue weighted by Crippen LogP contribution is -2.01. The van der Waals surface area contributed by atoms with Gasteiger partial charge in [-0.25, -0.2) is 15.0 Å². The Hall–Kier alpha value is -6.43. The Morgan fingerprint density at radius 2 is 0.920 bits per heavy atom. The molecule has 10 rings (SSSR count). The Morgan fingerprint density at radius 3 is 1.60 bits per heavy atom. The molecule has 0 saturated carbocycles. The second-order valence-corrected chi connectivity index (χ2v) is 13.5. The number of hydrogen-bond donors (Lipinski definition) is 0. The summed E-state index contributed by atoms with van der Waals surface area (Å²) in [5.41, 5.74) is 9.04. The van der Waals surface area contributed by atoms with Gasteiger partial charge in [0.1, 0.15) is 11.2 Å². The topological polar surface area (TPSA) is 51.8 Å². The van der Waals surface area contributed by atoms with Gasteiger partial charge >= 0.3 is 0 Å². The number of thiophene rings is 1. The van der Waals surface area contributed by atoms with Crippen LogP contribution in [0.4, 0.5) is 0 Å². The molecule has 5 heteroatoms. The summed E-state index contributed by atoms with van der Waals surface area (Å²) < 4.78 is 8.86. The van der Waals surface area contributed by atoms with Crippen LogP contribution in [-0.2, 0) is 0 Å². The summed E-state index contributed by atoms with van der Waals surface area (Å²) in [4.78, 5) is 15.7. The fourth-order valence-corrected chi connectivity index (χ4v) is 8.14. The lowest BCUT2D eigenvalue weighted by atomic mass is 9.96. The van der Waals surface area contributed by atoms with Crippen LogP contribution in [0, 0.1) is 0 Å². The zero-order valence-electron chi connectivity index (χ0n) is 26.7. The van der Waals surface area contributed by atoms with Crippen LogP contribution < -0.4 is 0 Å². The van der Waals surface area contributed by atoms with Crippen molar-refractivity contribution in [1.29, 1.82) is 0 Å². The maximum Gasteiger partial charge on any atom is 0.165 e. The summed E-state index contributed by atoms with van der Waals surface area (Å²) in [6, 6.07) is 56.8. The van der Waals surface area contributed by atoms with E-state index in [1.54, 1.807) is 11.3 Å². The van der Waals surface area contributed by atoms with Crippen molar-refractivity contribution in [3.63, 3.8) is 0 Å². The molecule has 0 aliphatic heterocycles. The molecule has 0 spiro atoms. The van der Waals surface area contributed by atoms with Crippen molar-refractivity contribution in [2.75, 3.05) is 0 Å². The van der Waals surface area contributed by atoms with Crippen LogP contribution in [-0.4, -0.2) is 15.0 Å². The maximum absolute atomic E-state index is 6.57. The highest BCUT2D eigenvalue weighted by atomic mass is 32.1. The summed E-state index contributed by atoms with van der Waals surface area (Å²) in [6.45, 7) is 0. The Bertz CT molecular complexity index is 2800. The molecule has 0 aliphatic rings. The molecule has 3 heterocycles. The molecule has 0 bridgehead atoms. The standard InChI is InChI=1S/C45H27N3OS/c1-4-14-28(15-5-1)31-24-32(29-16-6-2-7-17-29)26-33(25-31)44-46-43(30-18-8-3-9-19-30)47-45(48-44)37-27-36-34-20-10-12-22-38(34)49-41(36)40-35-21-11-13-23-39(35)50-42(37)40/h1-27H. The van der Waals surface area contributed by atoms with E-state index in [9.17, 15) is 0 Å². The van der Waals surface area contributed by atoms with Gasteiger partial charge in [0.2, 0.25) is 0 Å². The molecule has 0 radical (unpaired) electrons. The van der Waals surface area contributed by atoms with Gasteiger partial charge in [0.05, 0.1) is 4.70 Å². The molecule has 3 aromatic heterocycles. The van der Waals surface area contributed by atoms with Gasteiger partial charge in [0.15, 0.2) is 17.5 Å². The fourth-order valence-electron chi connectivity index (χ4n) is 6.92. The van der Waals surface area contributed by atoms with E-state index in [1.807, 2.05) is 42.5 Å². The number of rotatable bonds is 5. The summed E-state index contributed by atoms with van der Waals surface area (Å²) in [6.07, 6.45) is 0. The number of hydrogen-bond acceptors (Lipinski definition) is 5. The third-order valence-corrected chi connectivity index (χ3v) is 10.5. The minimum atomic E-state index is 0.621. The zero-order valence-corrected chi connectivity index (χ0v) is 27.6. The molecule has 10 aromatic rings. The normalized spacial score (nSPS) is 11.6. The van der Waals surface area contributed by atoms with Crippen LogP contribution in [0.1, 0.15) is 0 Å². The Labute approximate surface area is 292 Å². The molecule has 0 amide bonds. The van der Waals surface area contributed by atoms with Gasteiger partial charge < -0.3 is 4.42 Å². The second kappa shape index (κ2) is 11.6. The highest BCUT2D eigenvalue weighted by Gasteiger charge is 2.22. The van der Waals surface area contributed by atoms with E-state index in [1.165, 1.54) is 10.1 Å². The summed E-state index contributed by atoms with van der Waals surface area (Å²) in [5, 5.41) is 4.38. The Morgan fingerprint density at radius 1 is 0.400 bits per heavy atom. The van der Waals surface area contributed by atoms with E-state index in [4.69, 9.17) is 19.4 Å². The quantitative estimate of drug-likeness (QED) is 0.185. The van der Waals surface area contributed by atoms with Crippen LogP contribution in [0.5, 0.6) is 0 Å². The molecule has 0 fully saturated rings. The largest absolute Gasteiger partial charge is 0.455 e. The SMILES string of the molecule is c1ccc(-c2cc(-c3ccccc3)cc(-c3nc(-c4ccccc4)nc(-c4cc5c6ccccc6oc5c5c4sc4ccccc45)n3)c2)cc1. The molecule has 4 nitrogen and oxygen atoms in total. The van der Waals surface area contributed by atoms with Crippen LogP contribution in [0.2, 0.25) is 0 Å². The van der Waals surface area contributed by atoms with Crippen molar-refractivity contribution in [3.05, 3.63) is 164 Å². The van der Waals surface area contributed by atoms with Crippen LogP contribution in [0.3, 0.4) is 0 Å². The average molecular weight is 658 g/mol. The third-order valence-electron chi connectivity index (χ3n) is 9.30. The first-order valence-corrected chi connectivity index (χ1v) is 17.4. The van der Waals surface area contributed by atoms with Crippen molar-refractivity contribution in [3.8, 4) is 56.4 Å². The maximum atomic E-state index is 6.57. The first-order valence-electron chi connectivity index (χ1n) is 16.6. The van der Waals surface area contributed by atoms with Crippen molar-refractivity contribution in [1.82, 2.24) is 15.0 Å².